The summed E-state index contributed by atoms with van der Waals surface area (Å²) in [5.74, 6) is 0.142. The molecule has 0 atom stereocenters. The summed E-state index contributed by atoms with van der Waals surface area (Å²) in [6, 6.07) is 15.6. The van der Waals surface area contributed by atoms with Crippen LogP contribution in [-0.2, 0) is 6.42 Å². The Kier molecular flexibility index (Phi) is 3.93. The molecule has 96 valence electrons. The molecule has 0 unspecified atom stereocenters. The summed E-state index contributed by atoms with van der Waals surface area (Å²) >= 11 is 0. The van der Waals surface area contributed by atoms with E-state index in [0.29, 0.717) is 5.56 Å². The van der Waals surface area contributed by atoms with Crippen LogP contribution in [0.15, 0.2) is 60.3 Å². The highest BCUT2D eigenvalue weighted by atomic mass is 16.6. The number of phenols is 1. The van der Waals surface area contributed by atoms with Crippen molar-refractivity contribution in [1.82, 2.24) is 0 Å². The second-order valence-corrected chi connectivity index (χ2v) is 4.15. The van der Waals surface area contributed by atoms with Crippen molar-refractivity contribution in [3.63, 3.8) is 0 Å². The monoisotopic (exact) mass is 255 g/mol. The maximum atomic E-state index is 11.1. The zero-order valence-corrected chi connectivity index (χ0v) is 10.2. The Bertz CT molecular complexity index is 589. The van der Waals surface area contributed by atoms with E-state index in [4.69, 9.17) is 0 Å². The van der Waals surface area contributed by atoms with Crippen LogP contribution in [0.5, 0.6) is 5.75 Å². The highest BCUT2D eigenvalue weighted by Gasteiger charge is 2.11. The van der Waals surface area contributed by atoms with E-state index in [1.165, 1.54) is 18.2 Å². The number of phenolic OH excluding ortho intramolecular Hbond substituents is 1. The van der Waals surface area contributed by atoms with Gasteiger partial charge in [-0.25, -0.2) is 0 Å². The number of nitro groups is 1. The molecule has 0 aliphatic carbocycles. The van der Waals surface area contributed by atoms with Crippen molar-refractivity contribution >= 4 is 6.08 Å². The molecule has 0 fully saturated rings. The van der Waals surface area contributed by atoms with Crippen LogP contribution in [0.3, 0.4) is 0 Å². The summed E-state index contributed by atoms with van der Waals surface area (Å²) in [5.41, 5.74) is 1.71. The molecular formula is C15H13NO3. The van der Waals surface area contributed by atoms with Gasteiger partial charge in [-0.05, 0) is 23.3 Å². The summed E-state index contributed by atoms with van der Waals surface area (Å²) in [4.78, 5) is 10.7. The number of hydrogen-bond donors (Lipinski definition) is 1. The first-order valence-electron chi connectivity index (χ1n) is 5.83. The van der Waals surface area contributed by atoms with E-state index in [0.717, 1.165) is 5.56 Å². The molecule has 4 heteroatoms. The lowest BCUT2D eigenvalue weighted by Gasteiger charge is -2.00. The van der Waals surface area contributed by atoms with Gasteiger partial charge in [0, 0.05) is 6.08 Å². The van der Waals surface area contributed by atoms with Gasteiger partial charge in [0.05, 0.1) is 11.3 Å². The van der Waals surface area contributed by atoms with E-state index in [2.05, 4.69) is 0 Å². The molecule has 0 saturated heterocycles. The lowest BCUT2D eigenvalue weighted by molar-refractivity contribution is -0.425. The maximum absolute atomic E-state index is 11.1. The lowest BCUT2D eigenvalue weighted by Crippen LogP contribution is -2.02. The number of rotatable bonds is 4. The first kappa shape index (κ1) is 12.8. The predicted octanol–water partition coefficient (Wildman–Crippen LogP) is 3.25. The Hall–Kier alpha value is -2.62. The van der Waals surface area contributed by atoms with E-state index in [9.17, 15) is 15.2 Å². The van der Waals surface area contributed by atoms with Crippen molar-refractivity contribution < 1.29 is 10.0 Å². The minimum atomic E-state index is -0.375. The van der Waals surface area contributed by atoms with E-state index >= 15 is 0 Å². The molecule has 2 rings (SSSR count). The molecule has 0 aromatic heterocycles. The SMILES string of the molecule is O=[N+]([O-])C(=Cc1ccc(O)cc1)Cc1ccccc1. The van der Waals surface area contributed by atoms with Gasteiger partial charge in [0.15, 0.2) is 0 Å². The largest absolute Gasteiger partial charge is 0.508 e. The summed E-state index contributed by atoms with van der Waals surface area (Å²) in [5, 5.41) is 20.2. The number of benzene rings is 2. The zero-order chi connectivity index (χ0) is 13.7. The molecule has 0 aliphatic rings. The van der Waals surface area contributed by atoms with E-state index in [-0.39, 0.29) is 22.8 Å². The first-order valence-corrected chi connectivity index (χ1v) is 5.83. The molecule has 0 heterocycles. The first-order chi connectivity index (χ1) is 9.15. The summed E-state index contributed by atoms with van der Waals surface area (Å²) in [6.45, 7) is 0. The molecule has 1 N–H and O–H groups in total. The highest BCUT2D eigenvalue weighted by molar-refractivity contribution is 5.52. The molecular weight excluding hydrogens is 242 g/mol. The fourth-order valence-electron chi connectivity index (χ4n) is 1.74. The average Bonchev–Trinajstić information content (AvgIpc) is 2.41. The molecule has 2 aromatic rings. The van der Waals surface area contributed by atoms with E-state index in [1.54, 1.807) is 12.1 Å². The topological polar surface area (TPSA) is 63.4 Å². The van der Waals surface area contributed by atoms with Crippen LogP contribution in [0.4, 0.5) is 0 Å². The van der Waals surface area contributed by atoms with Crippen LogP contribution in [0.1, 0.15) is 11.1 Å². The quantitative estimate of drug-likeness (QED) is 0.673. The molecule has 0 bridgehead atoms. The molecule has 2 aromatic carbocycles. The van der Waals surface area contributed by atoms with Gasteiger partial charge in [0.2, 0.25) is 0 Å². The third kappa shape index (κ3) is 3.67. The van der Waals surface area contributed by atoms with E-state index in [1.807, 2.05) is 30.3 Å². The van der Waals surface area contributed by atoms with Gasteiger partial charge in [-0.1, -0.05) is 42.5 Å². The van der Waals surface area contributed by atoms with Gasteiger partial charge >= 0.3 is 0 Å². The molecule has 19 heavy (non-hydrogen) atoms. The zero-order valence-electron chi connectivity index (χ0n) is 10.2. The molecule has 0 aliphatic heterocycles. The van der Waals surface area contributed by atoms with Crippen molar-refractivity contribution in [3.8, 4) is 5.75 Å². The second kappa shape index (κ2) is 5.82. The van der Waals surface area contributed by atoms with Crippen molar-refractivity contribution in [1.29, 1.82) is 0 Å². The summed E-state index contributed by atoms with van der Waals surface area (Å²) in [6.07, 6.45) is 1.79. The van der Waals surface area contributed by atoms with E-state index < -0.39 is 0 Å². The smallest absolute Gasteiger partial charge is 0.251 e. The van der Waals surface area contributed by atoms with Crippen LogP contribution < -0.4 is 0 Å². The third-order valence-electron chi connectivity index (χ3n) is 2.69. The Morgan fingerprint density at radius 3 is 2.32 bits per heavy atom. The number of nitrogens with zero attached hydrogens (tertiary/aromatic N) is 1. The summed E-state index contributed by atoms with van der Waals surface area (Å²) < 4.78 is 0. The minimum Gasteiger partial charge on any atom is -0.508 e. The molecule has 0 radical (unpaired) electrons. The third-order valence-corrected chi connectivity index (χ3v) is 2.69. The fraction of sp³-hybridized carbons (Fsp3) is 0.0667. The number of aromatic hydroxyl groups is 1. The number of allylic oxidation sites excluding steroid dienone is 1. The Balaban J connectivity index is 2.25. The van der Waals surface area contributed by atoms with Crippen LogP contribution in [-0.4, -0.2) is 10.0 Å². The van der Waals surface area contributed by atoms with Gasteiger partial charge in [-0.3, -0.25) is 10.1 Å². The molecule has 0 saturated carbocycles. The lowest BCUT2D eigenvalue weighted by atomic mass is 10.1. The van der Waals surface area contributed by atoms with Gasteiger partial charge in [0.25, 0.3) is 5.70 Å². The molecule has 4 nitrogen and oxygen atoms in total. The van der Waals surface area contributed by atoms with Gasteiger partial charge in [-0.2, -0.15) is 0 Å². The standard InChI is InChI=1S/C15H13NO3/c17-15-8-6-13(7-9-15)11-14(16(18)19)10-12-4-2-1-3-5-12/h1-9,11,17H,10H2. The van der Waals surface area contributed by atoms with Crippen LogP contribution in [0, 0.1) is 10.1 Å². The fourth-order valence-corrected chi connectivity index (χ4v) is 1.74. The van der Waals surface area contributed by atoms with Gasteiger partial charge in [-0.15, -0.1) is 0 Å². The Morgan fingerprint density at radius 1 is 1.11 bits per heavy atom. The number of hydrogen-bond acceptors (Lipinski definition) is 3. The second-order valence-electron chi connectivity index (χ2n) is 4.15. The van der Waals surface area contributed by atoms with Crippen LogP contribution in [0.25, 0.3) is 6.08 Å². The van der Waals surface area contributed by atoms with Gasteiger partial charge < -0.3 is 5.11 Å². The Morgan fingerprint density at radius 2 is 1.74 bits per heavy atom. The van der Waals surface area contributed by atoms with Crippen molar-refractivity contribution in [3.05, 3.63) is 81.5 Å². The van der Waals surface area contributed by atoms with Crippen LogP contribution in [0.2, 0.25) is 0 Å². The average molecular weight is 255 g/mol. The van der Waals surface area contributed by atoms with Crippen LogP contribution >= 0.6 is 0 Å². The van der Waals surface area contributed by atoms with Gasteiger partial charge in [0.1, 0.15) is 5.75 Å². The van der Waals surface area contributed by atoms with Crippen molar-refractivity contribution in [2.75, 3.05) is 0 Å². The molecule has 0 amide bonds. The maximum Gasteiger partial charge on any atom is 0.251 e. The predicted molar refractivity (Wildman–Crippen MR) is 73.2 cm³/mol. The molecule has 0 spiro atoms. The highest BCUT2D eigenvalue weighted by Crippen LogP contribution is 2.15. The normalized spacial score (nSPS) is 11.3. The Labute approximate surface area is 110 Å². The van der Waals surface area contributed by atoms with Crippen molar-refractivity contribution in [2.24, 2.45) is 0 Å². The summed E-state index contributed by atoms with van der Waals surface area (Å²) in [7, 11) is 0. The minimum absolute atomic E-state index is 0.122. The van der Waals surface area contributed by atoms with Crippen molar-refractivity contribution in [2.45, 2.75) is 6.42 Å².